The number of carbonyl (C=O) groups excluding carboxylic acids is 1. The lowest BCUT2D eigenvalue weighted by molar-refractivity contribution is -0.132. The Labute approximate surface area is 126 Å². The van der Waals surface area contributed by atoms with Crippen molar-refractivity contribution in [1.82, 2.24) is 4.90 Å². The van der Waals surface area contributed by atoms with Crippen molar-refractivity contribution in [2.24, 2.45) is 5.92 Å². The maximum Gasteiger partial charge on any atom is 0.223 e. The summed E-state index contributed by atoms with van der Waals surface area (Å²) in [5, 5.41) is 0. The molecule has 0 spiro atoms. The Kier molecular flexibility index (Phi) is 5.74. The molecule has 1 aliphatic heterocycles. The Morgan fingerprint density at radius 3 is 2.95 bits per heavy atom. The number of ether oxygens (including phenoxy) is 1. The van der Waals surface area contributed by atoms with Crippen molar-refractivity contribution < 1.29 is 13.9 Å². The van der Waals surface area contributed by atoms with Gasteiger partial charge in [-0.2, -0.15) is 0 Å². The lowest BCUT2D eigenvalue weighted by atomic mass is 9.95. The normalized spacial score (nSPS) is 21.8. The zero-order valence-corrected chi connectivity index (χ0v) is 12.8. The van der Waals surface area contributed by atoms with E-state index in [4.69, 9.17) is 4.74 Å². The molecule has 1 saturated heterocycles. The summed E-state index contributed by atoms with van der Waals surface area (Å²) in [5.74, 6) is 0.304. The zero-order valence-electron chi connectivity index (χ0n) is 12.8. The minimum absolute atomic E-state index is 0.00984. The Balaban J connectivity index is 2.02. The highest BCUT2D eigenvalue weighted by atomic mass is 19.1. The first-order chi connectivity index (χ1) is 10.1. The summed E-state index contributed by atoms with van der Waals surface area (Å²) in [6.07, 6.45) is 3.26. The molecule has 0 aliphatic carbocycles. The molecule has 1 amide bonds. The number of likely N-dealkylation sites (tertiary alicyclic amines) is 1. The fraction of sp³-hybridized carbons (Fsp3) is 0.588. The maximum atomic E-state index is 13.4. The SMILES string of the molecule is COCCCCC(=O)N1CCC(C)C1c1cccc(F)c1. The molecule has 0 saturated carbocycles. The van der Waals surface area contributed by atoms with E-state index in [1.54, 1.807) is 19.2 Å². The molecule has 0 aromatic heterocycles. The monoisotopic (exact) mass is 293 g/mol. The molecule has 1 heterocycles. The number of hydrogen-bond donors (Lipinski definition) is 0. The molecule has 2 rings (SSSR count). The van der Waals surface area contributed by atoms with Gasteiger partial charge in [-0.15, -0.1) is 0 Å². The molecule has 116 valence electrons. The van der Waals surface area contributed by atoms with Crippen LogP contribution in [0.4, 0.5) is 4.39 Å². The lowest BCUT2D eigenvalue weighted by Crippen LogP contribution is -2.31. The number of unbranched alkanes of at least 4 members (excludes halogenated alkanes) is 1. The first-order valence-electron chi connectivity index (χ1n) is 7.67. The Morgan fingerprint density at radius 2 is 2.24 bits per heavy atom. The average Bonchev–Trinajstić information content (AvgIpc) is 2.85. The first-order valence-corrected chi connectivity index (χ1v) is 7.67. The summed E-state index contributed by atoms with van der Waals surface area (Å²) in [4.78, 5) is 14.3. The summed E-state index contributed by atoms with van der Waals surface area (Å²) in [5.41, 5.74) is 0.908. The van der Waals surface area contributed by atoms with Crippen LogP contribution in [-0.4, -0.2) is 31.1 Å². The number of benzene rings is 1. The molecule has 2 atom stereocenters. The molecular formula is C17H24FNO2. The van der Waals surface area contributed by atoms with Gasteiger partial charge in [0.2, 0.25) is 5.91 Å². The molecule has 1 aliphatic rings. The van der Waals surface area contributed by atoms with E-state index >= 15 is 0 Å². The summed E-state index contributed by atoms with van der Waals surface area (Å²) in [6, 6.07) is 6.64. The Morgan fingerprint density at radius 1 is 1.43 bits per heavy atom. The van der Waals surface area contributed by atoms with Gasteiger partial charge < -0.3 is 9.64 Å². The molecular weight excluding hydrogens is 269 g/mol. The van der Waals surface area contributed by atoms with Crippen LogP contribution < -0.4 is 0 Å². The number of hydrogen-bond acceptors (Lipinski definition) is 2. The van der Waals surface area contributed by atoms with E-state index in [-0.39, 0.29) is 17.8 Å². The van der Waals surface area contributed by atoms with Crippen molar-refractivity contribution in [3.8, 4) is 0 Å². The second-order valence-corrected chi connectivity index (χ2v) is 5.80. The van der Waals surface area contributed by atoms with Gasteiger partial charge in [0, 0.05) is 26.7 Å². The number of halogens is 1. The average molecular weight is 293 g/mol. The van der Waals surface area contributed by atoms with Crippen LogP contribution in [0, 0.1) is 11.7 Å². The van der Waals surface area contributed by atoms with E-state index in [1.165, 1.54) is 6.07 Å². The quantitative estimate of drug-likeness (QED) is 0.751. The second-order valence-electron chi connectivity index (χ2n) is 5.80. The van der Waals surface area contributed by atoms with Crippen LogP contribution in [0.15, 0.2) is 24.3 Å². The van der Waals surface area contributed by atoms with Gasteiger partial charge in [-0.1, -0.05) is 19.1 Å². The minimum atomic E-state index is -0.237. The molecule has 1 aromatic rings. The van der Waals surface area contributed by atoms with Gasteiger partial charge in [0.05, 0.1) is 6.04 Å². The van der Waals surface area contributed by atoms with E-state index in [0.717, 1.165) is 31.4 Å². The minimum Gasteiger partial charge on any atom is -0.385 e. The molecule has 1 aromatic carbocycles. The molecule has 1 fully saturated rings. The van der Waals surface area contributed by atoms with E-state index in [9.17, 15) is 9.18 Å². The third-order valence-electron chi connectivity index (χ3n) is 4.20. The van der Waals surface area contributed by atoms with Gasteiger partial charge >= 0.3 is 0 Å². The molecule has 4 heteroatoms. The fourth-order valence-electron chi connectivity index (χ4n) is 3.09. The van der Waals surface area contributed by atoms with Crippen LogP contribution in [0.1, 0.15) is 44.2 Å². The van der Waals surface area contributed by atoms with Crippen LogP contribution in [0.25, 0.3) is 0 Å². The largest absolute Gasteiger partial charge is 0.385 e. The molecule has 0 N–H and O–H groups in total. The zero-order chi connectivity index (χ0) is 15.2. The highest BCUT2D eigenvalue weighted by molar-refractivity contribution is 5.77. The Hall–Kier alpha value is -1.42. The van der Waals surface area contributed by atoms with Crippen molar-refractivity contribution in [3.63, 3.8) is 0 Å². The summed E-state index contributed by atoms with van der Waals surface area (Å²) in [7, 11) is 1.67. The number of rotatable bonds is 6. The van der Waals surface area contributed by atoms with Crippen LogP contribution in [0.3, 0.4) is 0 Å². The van der Waals surface area contributed by atoms with E-state index in [0.29, 0.717) is 18.9 Å². The van der Waals surface area contributed by atoms with Crippen molar-refractivity contribution >= 4 is 5.91 Å². The van der Waals surface area contributed by atoms with Crippen molar-refractivity contribution in [2.75, 3.05) is 20.3 Å². The van der Waals surface area contributed by atoms with Gasteiger partial charge in [0.1, 0.15) is 5.82 Å². The van der Waals surface area contributed by atoms with Crippen molar-refractivity contribution in [3.05, 3.63) is 35.6 Å². The molecule has 0 radical (unpaired) electrons. The standard InChI is InChI=1S/C17H24FNO2/c1-13-9-10-19(16(20)8-3-4-11-21-2)17(13)14-6-5-7-15(18)12-14/h5-7,12-13,17H,3-4,8-11H2,1-2H3. The fourth-order valence-corrected chi connectivity index (χ4v) is 3.09. The maximum absolute atomic E-state index is 13.4. The number of methoxy groups -OCH3 is 1. The molecule has 3 nitrogen and oxygen atoms in total. The second kappa shape index (κ2) is 7.55. The Bertz CT molecular complexity index is 478. The smallest absolute Gasteiger partial charge is 0.223 e. The van der Waals surface area contributed by atoms with Gasteiger partial charge in [0.25, 0.3) is 0 Å². The predicted molar refractivity (Wildman–Crippen MR) is 80.4 cm³/mol. The molecule has 21 heavy (non-hydrogen) atoms. The lowest BCUT2D eigenvalue weighted by Gasteiger charge is -2.27. The van der Waals surface area contributed by atoms with Gasteiger partial charge in [-0.3, -0.25) is 4.79 Å². The summed E-state index contributed by atoms with van der Waals surface area (Å²) < 4.78 is 18.4. The van der Waals surface area contributed by atoms with Gasteiger partial charge in [-0.25, -0.2) is 4.39 Å². The van der Waals surface area contributed by atoms with Crippen molar-refractivity contribution in [1.29, 1.82) is 0 Å². The van der Waals surface area contributed by atoms with Crippen LogP contribution in [-0.2, 0) is 9.53 Å². The molecule has 2 unspecified atom stereocenters. The van der Waals surface area contributed by atoms with Crippen LogP contribution in [0.2, 0.25) is 0 Å². The predicted octanol–water partition coefficient (Wildman–Crippen LogP) is 3.55. The van der Waals surface area contributed by atoms with E-state index in [2.05, 4.69) is 6.92 Å². The van der Waals surface area contributed by atoms with Crippen LogP contribution in [0.5, 0.6) is 0 Å². The van der Waals surface area contributed by atoms with Gasteiger partial charge in [-0.05, 0) is 42.9 Å². The number of nitrogens with zero attached hydrogens (tertiary/aromatic N) is 1. The highest BCUT2D eigenvalue weighted by Crippen LogP contribution is 2.37. The third kappa shape index (κ3) is 4.03. The first kappa shape index (κ1) is 16.0. The number of carbonyl (C=O) groups is 1. The number of amides is 1. The molecule has 0 bridgehead atoms. The summed E-state index contributed by atoms with van der Waals surface area (Å²) >= 11 is 0. The van der Waals surface area contributed by atoms with Crippen LogP contribution >= 0.6 is 0 Å². The van der Waals surface area contributed by atoms with Gasteiger partial charge in [0.15, 0.2) is 0 Å². The van der Waals surface area contributed by atoms with E-state index in [1.807, 2.05) is 11.0 Å². The third-order valence-corrected chi connectivity index (χ3v) is 4.20. The van der Waals surface area contributed by atoms with E-state index < -0.39 is 0 Å². The van der Waals surface area contributed by atoms with Crippen molar-refractivity contribution in [2.45, 2.75) is 38.6 Å². The highest BCUT2D eigenvalue weighted by Gasteiger charge is 2.35. The topological polar surface area (TPSA) is 29.5 Å². The summed E-state index contributed by atoms with van der Waals surface area (Å²) in [6.45, 7) is 3.59.